The summed E-state index contributed by atoms with van der Waals surface area (Å²) in [5, 5.41) is 0. The molecule has 0 aromatic heterocycles. The van der Waals surface area contributed by atoms with E-state index < -0.39 is 29.6 Å². The third-order valence-corrected chi connectivity index (χ3v) is 3.39. The number of alkyl halides is 1. The molecule has 0 spiro atoms. The van der Waals surface area contributed by atoms with Crippen LogP contribution in [0, 0.1) is 0 Å². The van der Waals surface area contributed by atoms with E-state index in [1.54, 1.807) is 6.26 Å². The van der Waals surface area contributed by atoms with E-state index in [1.807, 2.05) is 36.4 Å². The smallest absolute Gasteiger partial charge is 0.107 e. The Morgan fingerprint density at radius 1 is 1.42 bits per heavy atom. The van der Waals surface area contributed by atoms with Crippen LogP contribution in [0.4, 0.5) is 4.39 Å². The zero-order valence-electron chi connectivity index (χ0n) is 11.2. The first-order valence-corrected chi connectivity index (χ1v) is 7.72. The summed E-state index contributed by atoms with van der Waals surface area (Å²) in [6.07, 6.45) is 5.00. The molecule has 0 fully saturated rings. The first-order valence-electron chi connectivity index (χ1n) is 5.99. The topological polar surface area (TPSA) is 52.3 Å². The summed E-state index contributed by atoms with van der Waals surface area (Å²) >= 11 is 0. The van der Waals surface area contributed by atoms with Crippen molar-refractivity contribution in [3.8, 4) is 0 Å². The van der Waals surface area contributed by atoms with Gasteiger partial charge in [-0.25, -0.2) is 4.39 Å². The minimum atomic E-state index is -0.825. The number of halogens is 1. The Hall–Kier alpha value is -1.04. The SMILES string of the molecule is COC(c1ccc(/C=C/CS(C)=O)cc1)C(N)CF. The van der Waals surface area contributed by atoms with Gasteiger partial charge in [0.05, 0.1) is 12.1 Å². The van der Waals surface area contributed by atoms with E-state index in [-0.39, 0.29) is 0 Å². The maximum atomic E-state index is 12.6. The first-order chi connectivity index (χ1) is 9.08. The van der Waals surface area contributed by atoms with Crippen LogP contribution in [-0.2, 0) is 15.5 Å². The lowest BCUT2D eigenvalue weighted by molar-refractivity contribution is 0.0721. The molecule has 19 heavy (non-hydrogen) atoms. The van der Waals surface area contributed by atoms with Crippen LogP contribution >= 0.6 is 0 Å². The van der Waals surface area contributed by atoms with E-state index in [0.717, 1.165) is 11.1 Å². The van der Waals surface area contributed by atoms with E-state index in [2.05, 4.69) is 0 Å². The van der Waals surface area contributed by atoms with Crippen LogP contribution in [0.25, 0.3) is 6.08 Å². The molecule has 3 atom stereocenters. The average molecular weight is 285 g/mol. The monoisotopic (exact) mass is 285 g/mol. The van der Waals surface area contributed by atoms with Gasteiger partial charge in [0.1, 0.15) is 6.67 Å². The van der Waals surface area contributed by atoms with Gasteiger partial charge in [-0.2, -0.15) is 0 Å². The van der Waals surface area contributed by atoms with Crippen molar-refractivity contribution in [2.45, 2.75) is 12.1 Å². The summed E-state index contributed by atoms with van der Waals surface area (Å²) in [4.78, 5) is 0. The van der Waals surface area contributed by atoms with E-state index >= 15 is 0 Å². The van der Waals surface area contributed by atoms with Gasteiger partial charge in [0.15, 0.2) is 0 Å². The van der Waals surface area contributed by atoms with Gasteiger partial charge < -0.3 is 10.5 Å². The molecule has 0 saturated carbocycles. The normalized spacial score (nSPS) is 16.4. The minimum absolute atomic E-state index is 0.439. The zero-order chi connectivity index (χ0) is 14.3. The molecule has 0 aliphatic heterocycles. The highest BCUT2D eigenvalue weighted by molar-refractivity contribution is 7.84. The molecule has 1 rings (SSSR count). The van der Waals surface area contributed by atoms with Crippen molar-refractivity contribution in [2.75, 3.05) is 25.8 Å². The number of nitrogens with two attached hydrogens (primary N) is 1. The summed E-state index contributed by atoms with van der Waals surface area (Å²) in [6, 6.07) is 6.88. The molecule has 106 valence electrons. The van der Waals surface area contributed by atoms with Crippen LogP contribution in [-0.4, -0.2) is 36.0 Å². The zero-order valence-corrected chi connectivity index (χ0v) is 12.0. The Morgan fingerprint density at radius 2 is 2.05 bits per heavy atom. The van der Waals surface area contributed by atoms with Crippen molar-refractivity contribution in [3.05, 3.63) is 41.5 Å². The van der Waals surface area contributed by atoms with Gasteiger partial charge in [0.2, 0.25) is 0 Å². The van der Waals surface area contributed by atoms with Gasteiger partial charge in [-0.3, -0.25) is 4.21 Å². The Labute approximate surface area is 116 Å². The molecule has 0 amide bonds. The van der Waals surface area contributed by atoms with Gasteiger partial charge in [-0.05, 0) is 11.1 Å². The second kappa shape index (κ2) is 8.19. The number of ether oxygens (including phenoxy) is 1. The Balaban J connectivity index is 2.74. The fourth-order valence-corrected chi connectivity index (χ4v) is 2.12. The lowest BCUT2D eigenvalue weighted by Gasteiger charge is -2.20. The molecule has 3 nitrogen and oxygen atoms in total. The molecule has 2 N–H and O–H groups in total. The van der Waals surface area contributed by atoms with Crippen molar-refractivity contribution in [3.63, 3.8) is 0 Å². The minimum Gasteiger partial charge on any atom is -0.375 e. The van der Waals surface area contributed by atoms with E-state index in [9.17, 15) is 8.60 Å². The summed E-state index contributed by atoms with van der Waals surface area (Å²) < 4.78 is 28.7. The molecule has 1 aromatic rings. The van der Waals surface area contributed by atoms with Crippen LogP contribution in [0.1, 0.15) is 17.2 Å². The van der Waals surface area contributed by atoms with Crippen molar-refractivity contribution < 1.29 is 13.3 Å². The Kier molecular flexibility index (Phi) is 6.91. The van der Waals surface area contributed by atoms with Gasteiger partial charge in [-0.1, -0.05) is 36.4 Å². The predicted molar refractivity (Wildman–Crippen MR) is 78.1 cm³/mol. The van der Waals surface area contributed by atoms with Gasteiger partial charge in [0, 0.05) is 29.9 Å². The van der Waals surface area contributed by atoms with Crippen LogP contribution in [0.2, 0.25) is 0 Å². The number of hydrogen-bond acceptors (Lipinski definition) is 3. The van der Waals surface area contributed by atoms with Crippen LogP contribution in [0.3, 0.4) is 0 Å². The highest BCUT2D eigenvalue weighted by atomic mass is 32.2. The maximum Gasteiger partial charge on any atom is 0.107 e. The molecular formula is C14H20FNO2S. The van der Waals surface area contributed by atoms with Gasteiger partial charge in [-0.15, -0.1) is 0 Å². The first kappa shape index (κ1) is 16.0. The molecule has 3 unspecified atom stereocenters. The average Bonchev–Trinajstić information content (AvgIpc) is 2.40. The third kappa shape index (κ3) is 5.22. The quantitative estimate of drug-likeness (QED) is 0.834. The molecule has 1 aromatic carbocycles. The lowest BCUT2D eigenvalue weighted by atomic mass is 10.0. The number of rotatable bonds is 7. The molecule has 5 heteroatoms. The second-order valence-electron chi connectivity index (χ2n) is 4.28. The predicted octanol–water partition coefficient (Wildman–Crippen LogP) is 2.06. The maximum absolute atomic E-state index is 12.6. The molecule has 0 heterocycles. The molecule has 0 saturated heterocycles. The van der Waals surface area contributed by atoms with Crippen LogP contribution in [0.5, 0.6) is 0 Å². The van der Waals surface area contributed by atoms with Crippen molar-refractivity contribution in [2.24, 2.45) is 5.73 Å². The number of methoxy groups -OCH3 is 1. The Bertz CT molecular complexity index is 434. The lowest BCUT2D eigenvalue weighted by Crippen LogP contribution is -2.31. The molecular weight excluding hydrogens is 265 g/mol. The number of hydrogen-bond donors (Lipinski definition) is 1. The van der Waals surface area contributed by atoms with Crippen molar-refractivity contribution >= 4 is 16.9 Å². The van der Waals surface area contributed by atoms with Gasteiger partial charge >= 0.3 is 0 Å². The third-order valence-electron chi connectivity index (χ3n) is 2.73. The summed E-state index contributed by atoms with van der Waals surface area (Å²) in [7, 11) is 0.694. The number of benzene rings is 1. The summed E-state index contributed by atoms with van der Waals surface area (Å²) in [6.45, 7) is -0.623. The largest absolute Gasteiger partial charge is 0.375 e. The van der Waals surface area contributed by atoms with Crippen molar-refractivity contribution in [1.82, 2.24) is 0 Å². The molecule has 0 radical (unpaired) electrons. The van der Waals surface area contributed by atoms with E-state index in [1.165, 1.54) is 7.11 Å². The highest BCUT2D eigenvalue weighted by Gasteiger charge is 2.18. The molecule has 0 aliphatic rings. The fraction of sp³-hybridized carbons (Fsp3) is 0.429. The van der Waals surface area contributed by atoms with E-state index in [4.69, 9.17) is 10.5 Å². The van der Waals surface area contributed by atoms with Crippen molar-refractivity contribution in [1.29, 1.82) is 0 Å². The highest BCUT2D eigenvalue weighted by Crippen LogP contribution is 2.20. The summed E-state index contributed by atoms with van der Waals surface area (Å²) in [5.41, 5.74) is 7.51. The second-order valence-corrected chi connectivity index (χ2v) is 5.76. The standard InChI is InChI=1S/C14H20FNO2S/c1-18-14(13(16)10-15)12-7-5-11(6-8-12)4-3-9-19(2)17/h3-8,13-14H,9-10,16H2,1-2H3/b4-3+. The van der Waals surface area contributed by atoms with Crippen LogP contribution in [0.15, 0.2) is 30.3 Å². The van der Waals surface area contributed by atoms with E-state index in [0.29, 0.717) is 5.75 Å². The summed E-state index contributed by atoms with van der Waals surface area (Å²) in [5.74, 6) is 0.537. The van der Waals surface area contributed by atoms with Gasteiger partial charge in [0.25, 0.3) is 0 Å². The molecule has 0 bridgehead atoms. The fourth-order valence-electron chi connectivity index (χ4n) is 1.76. The Morgan fingerprint density at radius 3 is 2.53 bits per heavy atom. The van der Waals surface area contributed by atoms with Crippen LogP contribution < -0.4 is 5.73 Å². The molecule has 0 aliphatic carbocycles.